The van der Waals surface area contributed by atoms with E-state index in [4.69, 9.17) is 4.74 Å². The lowest BCUT2D eigenvalue weighted by Crippen LogP contribution is -2.48. The molecule has 3 heterocycles. The molecule has 0 amide bonds. The number of imidazole rings is 1. The van der Waals surface area contributed by atoms with Crippen LogP contribution in [0, 0.1) is 17.7 Å². The monoisotopic (exact) mass is 375 g/mol. The van der Waals surface area contributed by atoms with Crippen LogP contribution >= 0.6 is 0 Å². The van der Waals surface area contributed by atoms with Crippen LogP contribution in [0.5, 0.6) is 0 Å². The summed E-state index contributed by atoms with van der Waals surface area (Å²) in [6, 6.07) is 5.06. The lowest BCUT2D eigenvalue weighted by atomic mass is 9.80. The van der Waals surface area contributed by atoms with Crippen molar-refractivity contribution in [3.63, 3.8) is 0 Å². The van der Waals surface area contributed by atoms with Crippen LogP contribution < -0.4 is 0 Å². The van der Waals surface area contributed by atoms with Gasteiger partial charge in [-0.25, -0.2) is 9.37 Å². The van der Waals surface area contributed by atoms with Gasteiger partial charge in [-0.1, -0.05) is 0 Å². The number of aliphatic carboxylic acids is 1. The Labute approximate surface area is 157 Å². The van der Waals surface area contributed by atoms with E-state index in [1.807, 2.05) is 0 Å². The SMILES string of the molecule is O=C(O)C[C@@H]1CCN(C2CCOCC2)C[C@@H]1Cc1nc2ccc(F)cc2[nH]1. The molecule has 27 heavy (non-hydrogen) atoms. The number of nitrogens with one attached hydrogen (secondary N) is 1. The molecule has 0 saturated carbocycles. The molecule has 2 aliphatic heterocycles. The van der Waals surface area contributed by atoms with E-state index in [1.165, 1.54) is 12.1 Å². The Balaban J connectivity index is 1.51. The van der Waals surface area contributed by atoms with Gasteiger partial charge in [0.25, 0.3) is 0 Å². The number of aromatic amines is 1. The molecule has 0 radical (unpaired) electrons. The van der Waals surface area contributed by atoms with Crippen LogP contribution in [0.3, 0.4) is 0 Å². The molecule has 4 rings (SSSR count). The molecule has 146 valence electrons. The lowest BCUT2D eigenvalue weighted by Gasteiger charge is -2.43. The summed E-state index contributed by atoms with van der Waals surface area (Å²) < 4.78 is 18.9. The molecular weight excluding hydrogens is 349 g/mol. The van der Waals surface area contributed by atoms with E-state index in [0.717, 1.165) is 56.9 Å². The Morgan fingerprint density at radius 3 is 2.89 bits per heavy atom. The summed E-state index contributed by atoms with van der Waals surface area (Å²) in [5.74, 6) is 0.150. The first-order chi connectivity index (χ1) is 13.1. The minimum absolute atomic E-state index is 0.142. The van der Waals surface area contributed by atoms with E-state index in [0.29, 0.717) is 18.0 Å². The van der Waals surface area contributed by atoms with Gasteiger partial charge in [0.2, 0.25) is 0 Å². The van der Waals surface area contributed by atoms with Crippen molar-refractivity contribution in [1.82, 2.24) is 14.9 Å². The average molecular weight is 375 g/mol. The smallest absolute Gasteiger partial charge is 0.303 e. The van der Waals surface area contributed by atoms with Gasteiger partial charge >= 0.3 is 5.97 Å². The molecule has 0 aliphatic carbocycles. The molecule has 6 nitrogen and oxygen atoms in total. The van der Waals surface area contributed by atoms with Crippen LogP contribution in [0.4, 0.5) is 4.39 Å². The van der Waals surface area contributed by atoms with Gasteiger partial charge in [0, 0.05) is 38.6 Å². The summed E-state index contributed by atoms with van der Waals surface area (Å²) in [6.45, 7) is 3.44. The maximum Gasteiger partial charge on any atom is 0.303 e. The van der Waals surface area contributed by atoms with Crippen LogP contribution in [0.15, 0.2) is 18.2 Å². The van der Waals surface area contributed by atoms with Gasteiger partial charge in [0.1, 0.15) is 11.6 Å². The number of hydrogen-bond donors (Lipinski definition) is 2. The van der Waals surface area contributed by atoms with Crippen LogP contribution in [0.25, 0.3) is 11.0 Å². The van der Waals surface area contributed by atoms with Crippen LogP contribution in [0.2, 0.25) is 0 Å². The Bertz CT molecular complexity index is 803. The Hall–Kier alpha value is -1.99. The number of likely N-dealkylation sites (tertiary alicyclic amines) is 1. The second-order valence-electron chi connectivity index (χ2n) is 7.79. The minimum atomic E-state index is -0.740. The summed E-state index contributed by atoms with van der Waals surface area (Å²) in [6.07, 6.45) is 3.86. The Kier molecular flexibility index (Phi) is 5.41. The number of benzene rings is 1. The molecule has 7 heteroatoms. The molecule has 2 N–H and O–H groups in total. The van der Waals surface area contributed by atoms with Gasteiger partial charge in [-0.3, -0.25) is 9.69 Å². The third-order valence-corrected chi connectivity index (χ3v) is 6.02. The quantitative estimate of drug-likeness (QED) is 0.840. The standard InChI is InChI=1S/C20H26FN3O3/c21-15-1-2-17-18(11-15)23-19(22-17)9-14-12-24(16-4-7-27-8-5-16)6-3-13(14)10-20(25)26/h1-2,11,13-14,16H,3-10,12H2,(H,22,23)(H,25,26)/t13-,14-/m0/s1. The number of aromatic nitrogens is 2. The molecule has 0 spiro atoms. The number of H-pyrrole nitrogens is 1. The summed E-state index contributed by atoms with van der Waals surface area (Å²) >= 11 is 0. The second kappa shape index (κ2) is 7.94. The van der Waals surface area contributed by atoms with E-state index < -0.39 is 5.97 Å². The second-order valence-corrected chi connectivity index (χ2v) is 7.79. The molecule has 2 fully saturated rings. The number of nitrogens with zero attached hydrogens (tertiary/aromatic N) is 2. The first-order valence-corrected chi connectivity index (χ1v) is 9.76. The number of piperidine rings is 1. The number of hydrogen-bond acceptors (Lipinski definition) is 4. The normalized spacial score (nSPS) is 25.1. The predicted octanol–water partition coefficient (Wildman–Crippen LogP) is 2.84. The van der Waals surface area contributed by atoms with Crippen molar-refractivity contribution in [2.45, 2.75) is 38.1 Å². The topological polar surface area (TPSA) is 78.4 Å². The highest BCUT2D eigenvalue weighted by Crippen LogP contribution is 2.32. The molecule has 1 aromatic heterocycles. The molecule has 2 saturated heterocycles. The van der Waals surface area contributed by atoms with Gasteiger partial charge < -0.3 is 14.8 Å². The van der Waals surface area contributed by atoms with Crippen molar-refractivity contribution >= 4 is 17.0 Å². The lowest BCUT2D eigenvalue weighted by molar-refractivity contribution is -0.139. The zero-order valence-electron chi connectivity index (χ0n) is 15.4. The number of rotatable bonds is 5. The van der Waals surface area contributed by atoms with Crippen molar-refractivity contribution in [3.8, 4) is 0 Å². The van der Waals surface area contributed by atoms with Gasteiger partial charge in [-0.05, 0) is 55.8 Å². The molecule has 0 bridgehead atoms. The molecule has 2 aromatic rings. The summed E-state index contributed by atoms with van der Waals surface area (Å²) in [5, 5.41) is 9.31. The highest BCUT2D eigenvalue weighted by atomic mass is 19.1. The van der Waals surface area contributed by atoms with E-state index in [9.17, 15) is 14.3 Å². The number of fused-ring (bicyclic) bond motifs is 1. The summed E-state index contributed by atoms with van der Waals surface area (Å²) in [7, 11) is 0. The molecule has 1 aromatic carbocycles. The molecule has 2 atom stereocenters. The number of carbonyl (C=O) groups is 1. The Morgan fingerprint density at radius 1 is 1.30 bits per heavy atom. The third-order valence-electron chi connectivity index (χ3n) is 6.02. The Morgan fingerprint density at radius 2 is 2.11 bits per heavy atom. The summed E-state index contributed by atoms with van der Waals surface area (Å²) in [5.41, 5.74) is 1.44. The van der Waals surface area contributed by atoms with Gasteiger partial charge in [-0.15, -0.1) is 0 Å². The molecule has 0 unspecified atom stereocenters. The van der Waals surface area contributed by atoms with Crippen molar-refractivity contribution < 1.29 is 19.0 Å². The first kappa shape index (κ1) is 18.4. The van der Waals surface area contributed by atoms with Crippen molar-refractivity contribution in [2.24, 2.45) is 11.8 Å². The molecule has 2 aliphatic rings. The number of carboxylic acid groups (broad SMARTS) is 1. The van der Waals surface area contributed by atoms with Crippen molar-refractivity contribution in [1.29, 1.82) is 0 Å². The predicted molar refractivity (Wildman–Crippen MR) is 99.0 cm³/mol. The van der Waals surface area contributed by atoms with Crippen LogP contribution in [-0.2, 0) is 16.0 Å². The van der Waals surface area contributed by atoms with Crippen LogP contribution in [-0.4, -0.2) is 58.3 Å². The van der Waals surface area contributed by atoms with E-state index in [2.05, 4.69) is 14.9 Å². The highest BCUT2D eigenvalue weighted by molar-refractivity contribution is 5.74. The van der Waals surface area contributed by atoms with Gasteiger partial charge in [0.05, 0.1) is 11.0 Å². The zero-order valence-corrected chi connectivity index (χ0v) is 15.4. The first-order valence-electron chi connectivity index (χ1n) is 9.76. The van der Waals surface area contributed by atoms with Crippen molar-refractivity contribution in [3.05, 3.63) is 29.8 Å². The van der Waals surface area contributed by atoms with Gasteiger partial charge in [0.15, 0.2) is 0 Å². The largest absolute Gasteiger partial charge is 0.481 e. The minimum Gasteiger partial charge on any atom is -0.481 e. The maximum absolute atomic E-state index is 13.4. The zero-order chi connectivity index (χ0) is 18.8. The average Bonchev–Trinajstić information content (AvgIpc) is 3.05. The fourth-order valence-corrected chi connectivity index (χ4v) is 4.59. The van der Waals surface area contributed by atoms with E-state index in [1.54, 1.807) is 6.07 Å². The molecular formula is C20H26FN3O3. The van der Waals surface area contributed by atoms with Crippen molar-refractivity contribution in [2.75, 3.05) is 26.3 Å². The number of carboxylic acids is 1. The number of halogens is 1. The van der Waals surface area contributed by atoms with E-state index in [-0.39, 0.29) is 24.1 Å². The highest BCUT2D eigenvalue weighted by Gasteiger charge is 2.34. The third kappa shape index (κ3) is 4.30. The van der Waals surface area contributed by atoms with Crippen LogP contribution in [0.1, 0.15) is 31.5 Å². The van der Waals surface area contributed by atoms with E-state index >= 15 is 0 Å². The van der Waals surface area contributed by atoms with Gasteiger partial charge in [-0.2, -0.15) is 0 Å². The maximum atomic E-state index is 13.4. The fourth-order valence-electron chi connectivity index (χ4n) is 4.59. The summed E-state index contributed by atoms with van der Waals surface area (Å²) in [4.78, 5) is 21.6. The fraction of sp³-hybridized carbons (Fsp3) is 0.600. The number of ether oxygens (including phenoxy) is 1.